The molecule has 22 heavy (non-hydrogen) atoms. The van der Waals surface area contributed by atoms with Crippen molar-refractivity contribution in [2.45, 2.75) is 32.1 Å². The Morgan fingerprint density at radius 2 is 2.05 bits per heavy atom. The SMILES string of the molecule is COc1ccc(NC(=O)N2CCCC3(CC=CCC3)C2)cc1. The van der Waals surface area contributed by atoms with E-state index in [1.807, 2.05) is 29.2 Å². The number of nitrogens with zero attached hydrogens (tertiary/aromatic N) is 1. The smallest absolute Gasteiger partial charge is 0.321 e. The first-order valence-corrected chi connectivity index (χ1v) is 8.06. The van der Waals surface area contributed by atoms with Crippen LogP contribution in [0.5, 0.6) is 5.75 Å². The van der Waals surface area contributed by atoms with Crippen LogP contribution in [0, 0.1) is 5.41 Å². The molecule has 0 bridgehead atoms. The second kappa shape index (κ2) is 6.42. The molecule has 4 nitrogen and oxygen atoms in total. The van der Waals surface area contributed by atoms with Gasteiger partial charge in [0.1, 0.15) is 5.75 Å². The number of benzene rings is 1. The van der Waals surface area contributed by atoms with Crippen LogP contribution < -0.4 is 10.1 Å². The Morgan fingerprint density at radius 3 is 2.73 bits per heavy atom. The molecule has 1 N–H and O–H groups in total. The van der Waals surface area contributed by atoms with Crippen LogP contribution in [0.15, 0.2) is 36.4 Å². The van der Waals surface area contributed by atoms with Crippen LogP contribution in [0.3, 0.4) is 0 Å². The second-order valence-corrected chi connectivity index (χ2v) is 6.40. The summed E-state index contributed by atoms with van der Waals surface area (Å²) >= 11 is 0. The summed E-state index contributed by atoms with van der Waals surface area (Å²) in [5.41, 5.74) is 1.12. The van der Waals surface area contributed by atoms with Crippen molar-refractivity contribution in [1.29, 1.82) is 0 Å². The summed E-state index contributed by atoms with van der Waals surface area (Å²) in [7, 11) is 1.64. The predicted octanol–water partition coefficient (Wildman–Crippen LogP) is 4.05. The molecule has 1 unspecified atom stereocenters. The fraction of sp³-hybridized carbons (Fsp3) is 0.500. The summed E-state index contributed by atoms with van der Waals surface area (Å²) in [5, 5.41) is 3.00. The number of allylic oxidation sites excluding steroid dienone is 2. The minimum Gasteiger partial charge on any atom is -0.497 e. The number of amides is 2. The molecule has 1 aliphatic heterocycles. The standard InChI is InChI=1S/C18H24N2O2/c1-22-16-8-6-15(7-9-16)19-17(21)20-13-5-12-18(14-20)10-3-2-4-11-18/h2-3,6-9H,4-5,10-14H2,1H3,(H,19,21). The van der Waals surface area contributed by atoms with Gasteiger partial charge in [0.25, 0.3) is 0 Å². The predicted molar refractivity (Wildman–Crippen MR) is 88.2 cm³/mol. The average Bonchev–Trinajstić information content (AvgIpc) is 2.56. The summed E-state index contributed by atoms with van der Waals surface area (Å²) in [6.07, 6.45) is 10.4. The number of nitrogens with one attached hydrogen (secondary N) is 1. The van der Waals surface area contributed by atoms with Crippen molar-refractivity contribution in [2.24, 2.45) is 5.41 Å². The van der Waals surface area contributed by atoms with E-state index in [0.29, 0.717) is 5.41 Å². The zero-order valence-electron chi connectivity index (χ0n) is 13.2. The van der Waals surface area contributed by atoms with Crippen molar-refractivity contribution in [3.8, 4) is 5.75 Å². The van der Waals surface area contributed by atoms with Gasteiger partial charge in [0, 0.05) is 18.8 Å². The highest BCUT2D eigenvalue weighted by Crippen LogP contribution is 2.40. The van der Waals surface area contributed by atoms with Gasteiger partial charge in [-0.3, -0.25) is 0 Å². The monoisotopic (exact) mass is 300 g/mol. The first-order valence-electron chi connectivity index (χ1n) is 8.06. The van der Waals surface area contributed by atoms with E-state index >= 15 is 0 Å². The summed E-state index contributed by atoms with van der Waals surface area (Å²) in [4.78, 5) is 14.5. The Morgan fingerprint density at radius 1 is 1.23 bits per heavy atom. The van der Waals surface area contributed by atoms with Crippen LogP contribution in [0.4, 0.5) is 10.5 Å². The maximum Gasteiger partial charge on any atom is 0.321 e. The molecule has 3 rings (SSSR count). The molecule has 4 heteroatoms. The van der Waals surface area contributed by atoms with Gasteiger partial charge in [-0.1, -0.05) is 12.2 Å². The van der Waals surface area contributed by atoms with E-state index in [9.17, 15) is 4.79 Å². The average molecular weight is 300 g/mol. The van der Waals surface area contributed by atoms with E-state index in [1.54, 1.807) is 7.11 Å². The zero-order valence-corrected chi connectivity index (χ0v) is 13.2. The summed E-state index contributed by atoms with van der Waals surface area (Å²) < 4.78 is 5.14. The van der Waals surface area contributed by atoms with Gasteiger partial charge < -0.3 is 15.0 Å². The van der Waals surface area contributed by atoms with Crippen molar-refractivity contribution < 1.29 is 9.53 Å². The Bertz CT molecular complexity index is 553. The molecule has 1 aromatic rings. The zero-order chi connectivity index (χ0) is 15.4. The maximum absolute atomic E-state index is 12.5. The largest absolute Gasteiger partial charge is 0.497 e. The fourth-order valence-corrected chi connectivity index (χ4v) is 3.57. The molecule has 1 spiro atoms. The third kappa shape index (κ3) is 3.26. The molecule has 2 aliphatic rings. The molecule has 1 fully saturated rings. The number of carbonyl (C=O) groups excluding carboxylic acids is 1. The summed E-state index contributed by atoms with van der Waals surface area (Å²) in [6.45, 7) is 1.73. The molecule has 1 aromatic carbocycles. The lowest BCUT2D eigenvalue weighted by atomic mass is 9.71. The molecule has 0 saturated carbocycles. The third-order valence-corrected chi connectivity index (χ3v) is 4.85. The Kier molecular flexibility index (Phi) is 4.36. The second-order valence-electron chi connectivity index (χ2n) is 6.40. The Balaban J connectivity index is 1.62. The highest BCUT2D eigenvalue weighted by Gasteiger charge is 2.36. The normalized spacial score (nSPS) is 24.3. The van der Waals surface area contributed by atoms with Crippen LogP contribution in [0.25, 0.3) is 0 Å². The molecule has 1 heterocycles. The van der Waals surface area contributed by atoms with Crippen molar-refractivity contribution in [3.63, 3.8) is 0 Å². The number of ether oxygens (including phenoxy) is 1. The fourth-order valence-electron chi connectivity index (χ4n) is 3.57. The van der Waals surface area contributed by atoms with E-state index in [4.69, 9.17) is 4.74 Å². The van der Waals surface area contributed by atoms with Crippen LogP contribution in [-0.4, -0.2) is 31.1 Å². The van der Waals surface area contributed by atoms with Crippen LogP contribution in [0.1, 0.15) is 32.1 Å². The van der Waals surface area contributed by atoms with E-state index in [-0.39, 0.29) is 6.03 Å². The molecule has 1 atom stereocenters. The number of urea groups is 1. The minimum absolute atomic E-state index is 0.0128. The molecule has 0 radical (unpaired) electrons. The highest BCUT2D eigenvalue weighted by atomic mass is 16.5. The summed E-state index contributed by atoms with van der Waals surface area (Å²) in [5.74, 6) is 0.795. The molecular weight excluding hydrogens is 276 g/mol. The Hall–Kier alpha value is -1.97. The molecule has 0 aromatic heterocycles. The van der Waals surface area contributed by atoms with Gasteiger partial charge in [0.2, 0.25) is 0 Å². The maximum atomic E-state index is 12.5. The van der Waals surface area contributed by atoms with Gasteiger partial charge in [-0.25, -0.2) is 4.79 Å². The highest BCUT2D eigenvalue weighted by molar-refractivity contribution is 5.89. The lowest BCUT2D eigenvalue weighted by Crippen LogP contribution is -2.48. The quantitative estimate of drug-likeness (QED) is 0.837. The number of hydrogen-bond acceptors (Lipinski definition) is 2. The number of piperidine rings is 1. The Labute approximate surface area is 132 Å². The van der Waals surface area contributed by atoms with Crippen molar-refractivity contribution in [1.82, 2.24) is 4.90 Å². The molecular formula is C18H24N2O2. The third-order valence-electron chi connectivity index (χ3n) is 4.85. The first kappa shape index (κ1) is 14.9. The van der Waals surface area contributed by atoms with Crippen molar-refractivity contribution in [2.75, 3.05) is 25.5 Å². The number of hydrogen-bond donors (Lipinski definition) is 1. The number of methoxy groups -OCH3 is 1. The lowest BCUT2D eigenvalue weighted by molar-refractivity contribution is 0.102. The van der Waals surface area contributed by atoms with E-state index in [1.165, 1.54) is 12.8 Å². The van der Waals surface area contributed by atoms with Crippen molar-refractivity contribution >= 4 is 11.7 Å². The van der Waals surface area contributed by atoms with E-state index in [2.05, 4.69) is 17.5 Å². The number of likely N-dealkylation sites (tertiary alicyclic amines) is 1. The van der Waals surface area contributed by atoms with Gasteiger partial charge in [0.15, 0.2) is 0 Å². The van der Waals surface area contributed by atoms with Crippen molar-refractivity contribution in [3.05, 3.63) is 36.4 Å². The molecule has 1 saturated heterocycles. The van der Waals surface area contributed by atoms with E-state index in [0.717, 1.165) is 43.8 Å². The van der Waals surface area contributed by atoms with Gasteiger partial charge in [-0.2, -0.15) is 0 Å². The van der Waals surface area contributed by atoms with Crippen LogP contribution in [0.2, 0.25) is 0 Å². The van der Waals surface area contributed by atoms with Gasteiger partial charge in [0.05, 0.1) is 7.11 Å². The van der Waals surface area contributed by atoms with Crippen LogP contribution in [-0.2, 0) is 0 Å². The lowest BCUT2D eigenvalue weighted by Gasteiger charge is -2.43. The molecule has 118 valence electrons. The van der Waals surface area contributed by atoms with Gasteiger partial charge in [-0.05, 0) is 61.8 Å². The minimum atomic E-state index is 0.0128. The van der Waals surface area contributed by atoms with E-state index < -0.39 is 0 Å². The number of rotatable bonds is 2. The molecule has 2 amide bonds. The van der Waals surface area contributed by atoms with Gasteiger partial charge >= 0.3 is 6.03 Å². The topological polar surface area (TPSA) is 41.6 Å². The summed E-state index contributed by atoms with van der Waals surface area (Å²) in [6, 6.07) is 7.48. The van der Waals surface area contributed by atoms with Crippen LogP contribution >= 0.6 is 0 Å². The van der Waals surface area contributed by atoms with Gasteiger partial charge in [-0.15, -0.1) is 0 Å². The number of anilines is 1. The number of carbonyl (C=O) groups is 1. The molecule has 1 aliphatic carbocycles. The first-order chi connectivity index (χ1) is 10.7.